The average molecular weight is 462 g/mol. The number of hydrogen-bond acceptors (Lipinski definition) is 5. The molecule has 0 atom stereocenters. The van der Waals surface area contributed by atoms with E-state index >= 15 is 0 Å². The summed E-state index contributed by atoms with van der Waals surface area (Å²) in [7, 11) is 1.63. The fourth-order valence-electron chi connectivity index (χ4n) is 4.42. The molecule has 0 N–H and O–H groups in total. The van der Waals surface area contributed by atoms with Crippen LogP contribution in [0.1, 0.15) is 43.0 Å². The molecule has 2 aliphatic heterocycles. The summed E-state index contributed by atoms with van der Waals surface area (Å²) >= 11 is 0. The van der Waals surface area contributed by atoms with Crippen LogP contribution in [0.25, 0.3) is 0 Å². The molecule has 2 heterocycles. The Hall–Kier alpha value is -2.97. The maximum absolute atomic E-state index is 13.1. The number of halogens is 1. The van der Waals surface area contributed by atoms with E-state index in [1.54, 1.807) is 23.8 Å². The first-order valence-corrected chi connectivity index (χ1v) is 11.5. The molecule has 1 aromatic carbocycles. The van der Waals surface area contributed by atoms with E-state index in [0.717, 1.165) is 0 Å². The van der Waals surface area contributed by atoms with Gasteiger partial charge in [0.15, 0.2) is 0 Å². The van der Waals surface area contributed by atoms with Crippen LogP contribution in [0.15, 0.2) is 24.3 Å². The van der Waals surface area contributed by atoms with Gasteiger partial charge in [0, 0.05) is 44.7 Å². The van der Waals surface area contributed by atoms with E-state index < -0.39 is 5.82 Å². The zero-order valence-corrected chi connectivity index (χ0v) is 19.3. The number of likely N-dealkylation sites (N-methyl/N-ethyl adjacent to an activating group) is 1. The predicted molar refractivity (Wildman–Crippen MR) is 119 cm³/mol. The number of piperidine rings is 2. The normalized spacial score (nSPS) is 17.5. The van der Waals surface area contributed by atoms with E-state index in [1.165, 1.54) is 29.2 Å². The van der Waals surface area contributed by atoms with Crippen LogP contribution >= 0.6 is 0 Å². The summed E-state index contributed by atoms with van der Waals surface area (Å²) in [5.74, 6) is -1.41. The van der Waals surface area contributed by atoms with E-state index in [4.69, 9.17) is 4.74 Å². The van der Waals surface area contributed by atoms with Crippen molar-refractivity contribution in [2.75, 3.05) is 46.4 Å². The Morgan fingerprint density at radius 2 is 1.48 bits per heavy atom. The lowest BCUT2D eigenvalue weighted by molar-refractivity contribution is -0.151. The van der Waals surface area contributed by atoms with Crippen molar-refractivity contribution in [1.29, 1.82) is 0 Å². The molecule has 0 radical (unpaired) electrons. The largest absolute Gasteiger partial charge is 0.466 e. The van der Waals surface area contributed by atoms with Crippen molar-refractivity contribution in [1.82, 2.24) is 14.7 Å². The van der Waals surface area contributed by atoms with Gasteiger partial charge in [0.2, 0.25) is 11.8 Å². The van der Waals surface area contributed by atoms with Gasteiger partial charge >= 0.3 is 5.97 Å². The van der Waals surface area contributed by atoms with Crippen molar-refractivity contribution in [2.45, 2.75) is 32.6 Å². The van der Waals surface area contributed by atoms with Crippen LogP contribution in [-0.4, -0.2) is 84.8 Å². The molecule has 0 bridgehead atoms. The number of carbonyl (C=O) groups excluding carboxylic acids is 4. The van der Waals surface area contributed by atoms with Gasteiger partial charge in [0.25, 0.3) is 5.91 Å². The van der Waals surface area contributed by atoms with Gasteiger partial charge in [-0.1, -0.05) is 0 Å². The minimum atomic E-state index is -0.392. The standard InChI is InChI=1S/C24H32FN3O5/c1-3-33-24(32)19-10-12-27(13-11-19)21(29)16-26(2)22(30)18-8-14-28(15-9-18)23(31)17-4-6-20(25)7-5-17/h4-7,18-19H,3,8-16H2,1-2H3. The van der Waals surface area contributed by atoms with Crippen LogP contribution in [0, 0.1) is 17.7 Å². The summed E-state index contributed by atoms with van der Waals surface area (Å²) in [5.41, 5.74) is 0.426. The molecular formula is C24H32FN3O5. The molecule has 180 valence electrons. The topological polar surface area (TPSA) is 87.2 Å². The number of nitrogens with zero attached hydrogens (tertiary/aromatic N) is 3. The predicted octanol–water partition coefficient (Wildman–Crippen LogP) is 1.94. The molecule has 2 fully saturated rings. The highest BCUT2D eigenvalue weighted by atomic mass is 19.1. The van der Waals surface area contributed by atoms with Crippen LogP contribution in [0.3, 0.4) is 0 Å². The number of esters is 1. The fraction of sp³-hybridized carbons (Fsp3) is 0.583. The summed E-state index contributed by atoms with van der Waals surface area (Å²) in [6.07, 6.45) is 2.19. The second-order valence-corrected chi connectivity index (χ2v) is 8.67. The van der Waals surface area contributed by atoms with Gasteiger partial charge in [-0.15, -0.1) is 0 Å². The number of rotatable bonds is 6. The second kappa shape index (κ2) is 11.2. The highest BCUT2D eigenvalue weighted by Gasteiger charge is 2.32. The number of ether oxygens (including phenoxy) is 1. The third-order valence-corrected chi connectivity index (χ3v) is 6.44. The molecule has 3 amide bonds. The highest BCUT2D eigenvalue weighted by molar-refractivity contribution is 5.94. The quantitative estimate of drug-likeness (QED) is 0.605. The number of benzene rings is 1. The SMILES string of the molecule is CCOC(=O)C1CCN(C(=O)CN(C)C(=O)C2CCN(C(=O)c3ccc(F)cc3)CC2)CC1. The summed E-state index contributed by atoms with van der Waals surface area (Å²) in [4.78, 5) is 54.8. The van der Waals surface area contributed by atoms with Crippen LogP contribution < -0.4 is 0 Å². The maximum Gasteiger partial charge on any atom is 0.309 e. The molecule has 1 aromatic rings. The monoisotopic (exact) mass is 461 g/mol. The lowest BCUT2D eigenvalue weighted by Gasteiger charge is -2.34. The smallest absolute Gasteiger partial charge is 0.309 e. The molecule has 0 spiro atoms. The highest BCUT2D eigenvalue weighted by Crippen LogP contribution is 2.22. The number of amides is 3. The van der Waals surface area contributed by atoms with Gasteiger partial charge in [-0.05, 0) is 56.9 Å². The Morgan fingerprint density at radius 3 is 2.06 bits per heavy atom. The molecule has 2 aliphatic rings. The van der Waals surface area contributed by atoms with Crippen molar-refractivity contribution in [3.63, 3.8) is 0 Å². The zero-order chi connectivity index (χ0) is 24.0. The summed E-state index contributed by atoms with van der Waals surface area (Å²) in [6, 6.07) is 5.44. The molecule has 0 saturated carbocycles. The molecule has 0 unspecified atom stereocenters. The number of carbonyl (C=O) groups is 4. The second-order valence-electron chi connectivity index (χ2n) is 8.67. The zero-order valence-electron chi connectivity index (χ0n) is 19.3. The lowest BCUT2D eigenvalue weighted by Crippen LogP contribution is -2.48. The molecule has 33 heavy (non-hydrogen) atoms. The Bertz CT molecular complexity index is 859. The van der Waals surface area contributed by atoms with Crippen LogP contribution in [0.4, 0.5) is 4.39 Å². The molecule has 8 nitrogen and oxygen atoms in total. The van der Waals surface area contributed by atoms with Crippen molar-refractivity contribution >= 4 is 23.7 Å². The molecular weight excluding hydrogens is 429 g/mol. The van der Waals surface area contributed by atoms with E-state index in [9.17, 15) is 23.6 Å². The van der Waals surface area contributed by atoms with Crippen LogP contribution in [0.2, 0.25) is 0 Å². The van der Waals surface area contributed by atoms with Crippen LogP contribution in [-0.2, 0) is 19.1 Å². The summed E-state index contributed by atoms with van der Waals surface area (Å²) in [5, 5.41) is 0. The van der Waals surface area contributed by atoms with E-state index in [2.05, 4.69) is 0 Å². The molecule has 3 rings (SSSR count). The Balaban J connectivity index is 1.43. The minimum absolute atomic E-state index is 0.00235. The van der Waals surface area contributed by atoms with Gasteiger partial charge in [-0.25, -0.2) is 4.39 Å². The first-order chi connectivity index (χ1) is 15.8. The Morgan fingerprint density at radius 1 is 0.939 bits per heavy atom. The van der Waals surface area contributed by atoms with Gasteiger partial charge in [-0.2, -0.15) is 0 Å². The van der Waals surface area contributed by atoms with Crippen molar-refractivity contribution < 1.29 is 28.3 Å². The average Bonchev–Trinajstić information content (AvgIpc) is 2.84. The van der Waals surface area contributed by atoms with Gasteiger partial charge in [0.05, 0.1) is 19.1 Å². The Labute approximate surface area is 193 Å². The fourth-order valence-corrected chi connectivity index (χ4v) is 4.42. The summed E-state index contributed by atoms with van der Waals surface area (Å²) < 4.78 is 18.1. The van der Waals surface area contributed by atoms with Crippen LogP contribution in [0.5, 0.6) is 0 Å². The number of hydrogen-bond donors (Lipinski definition) is 0. The minimum Gasteiger partial charge on any atom is -0.466 e. The molecule has 0 aliphatic carbocycles. The van der Waals surface area contributed by atoms with E-state index in [1.807, 2.05) is 0 Å². The first kappa shape index (κ1) is 24.7. The summed E-state index contributed by atoms with van der Waals surface area (Å²) in [6.45, 7) is 3.96. The van der Waals surface area contributed by atoms with Gasteiger partial charge in [-0.3, -0.25) is 19.2 Å². The van der Waals surface area contributed by atoms with E-state index in [-0.39, 0.29) is 42.1 Å². The molecule has 0 aromatic heterocycles. The number of likely N-dealkylation sites (tertiary alicyclic amines) is 2. The van der Waals surface area contributed by atoms with Crippen molar-refractivity contribution in [3.05, 3.63) is 35.6 Å². The molecule has 9 heteroatoms. The van der Waals surface area contributed by atoms with E-state index in [0.29, 0.717) is 64.0 Å². The molecule has 2 saturated heterocycles. The third-order valence-electron chi connectivity index (χ3n) is 6.44. The van der Waals surface area contributed by atoms with Crippen molar-refractivity contribution in [3.8, 4) is 0 Å². The van der Waals surface area contributed by atoms with Gasteiger partial charge < -0.3 is 19.4 Å². The van der Waals surface area contributed by atoms with Gasteiger partial charge in [0.1, 0.15) is 5.82 Å². The Kier molecular flexibility index (Phi) is 8.41. The maximum atomic E-state index is 13.1. The third kappa shape index (κ3) is 6.30. The van der Waals surface area contributed by atoms with Crippen molar-refractivity contribution in [2.24, 2.45) is 11.8 Å². The lowest BCUT2D eigenvalue weighted by atomic mass is 9.94. The first-order valence-electron chi connectivity index (χ1n) is 11.5.